The van der Waals surface area contributed by atoms with Gasteiger partial charge in [0, 0.05) is 19.1 Å². The minimum absolute atomic E-state index is 0.117. The minimum atomic E-state index is 0.117. The Labute approximate surface area is 126 Å². The molecule has 0 aromatic heterocycles. The number of nitrogens with zero attached hydrogens (tertiary/aromatic N) is 1. The van der Waals surface area contributed by atoms with Crippen LogP contribution in [0.5, 0.6) is 5.75 Å². The third kappa shape index (κ3) is 3.05. The van der Waals surface area contributed by atoms with Crippen LogP contribution in [-0.4, -0.2) is 37.0 Å². The molecule has 114 valence electrons. The highest BCUT2D eigenvalue weighted by molar-refractivity contribution is 5.78. The van der Waals surface area contributed by atoms with Crippen molar-refractivity contribution in [3.8, 4) is 5.75 Å². The first-order valence-corrected chi connectivity index (χ1v) is 8.05. The number of nitrogens with one attached hydrogen (secondary N) is 1. The van der Waals surface area contributed by atoms with Gasteiger partial charge in [-0.3, -0.25) is 4.79 Å². The van der Waals surface area contributed by atoms with E-state index in [1.54, 1.807) is 0 Å². The van der Waals surface area contributed by atoms with Gasteiger partial charge in [0.2, 0.25) is 0 Å². The number of carbonyl (C=O) groups excluding carboxylic acids is 1. The van der Waals surface area contributed by atoms with Crippen LogP contribution in [0.4, 0.5) is 0 Å². The molecule has 0 radical (unpaired) electrons. The molecule has 2 aliphatic rings. The van der Waals surface area contributed by atoms with Crippen molar-refractivity contribution in [3.63, 3.8) is 0 Å². The Hall–Kier alpha value is -1.55. The van der Waals surface area contributed by atoms with Crippen molar-refractivity contribution in [2.45, 2.75) is 38.6 Å². The second kappa shape index (κ2) is 6.48. The third-order valence-corrected chi connectivity index (χ3v) is 4.49. The van der Waals surface area contributed by atoms with Gasteiger partial charge in [0.05, 0.1) is 0 Å². The number of carbonyl (C=O) groups is 1. The molecule has 1 unspecified atom stereocenters. The van der Waals surface area contributed by atoms with E-state index in [-0.39, 0.29) is 12.5 Å². The molecule has 1 aromatic rings. The maximum atomic E-state index is 12.1. The van der Waals surface area contributed by atoms with Gasteiger partial charge in [-0.25, -0.2) is 0 Å². The Morgan fingerprint density at radius 1 is 1.38 bits per heavy atom. The molecule has 0 spiro atoms. The molecule has 1 aliphatic carbocycles. The third-order valence-electron chi connectivity index (χ3n) is 4.49. The summed E-state index contributed by atoms with van der Waals surface area (Å²) in [5.74, 6) is 1.01. The van der Waals surface area contributed by atoms with Crippen molar-refractivity contribution in [2.24, 2.45) is 0 Å². The topological polar surface area (TPSA) is 41.6 Å². The lowest BCUT2D eigenvalue weighted by Crippen LogP contribution is -2.32. The van der Waals surface area contributed by atoms with Crippen molar-refractivity contribution in [1.29, 1.82) is 0 Å². The van der Waals surface area contributed by atoms with Crippen molar-refractivity contribution in [1.82, 2.24) is 10.2 Å². The molecule has 3 rings (SSSR count). The molecule has 1 aliphatic heterocycles. The van der Waals surface area contributed by atoms with E-state index in [2.05, 4.69) is 18.3 Å². The highest BCUT2D eigenvalue weighted by atomic mass is 16.5. The zero-order valence-electron chi connectivity index (χ0n) is 12.7. The van der Waals surface area contributed by atoms with Crippen LogP contribution in [0.25, 0.3) is 0 Å². The lowest BCUT2D eigenvalue weighted by Gasteiger charge is -2.17. The number of hydrogen-bond acceptors (Lipinski definition) is 3. The van der Waals surface area contributed by atoms with Gasteiger partial charge < -0.3 is 15.0 Å². The molecule has 4 heteroatoms. The van der Waals surface area contributed by atoms with Crippen molar-refractivity contribution >= 4 is 5.91 Å². The van der Waals surface area contributed by atoms with E-state index in [0.29, 0.717) is 6.04 Å². The zero-order chi connectivity index (χ0) is 14.7. The maximum absolute atomic E-state index is 12.1. The lowest BCUT2D eigenvalue weighted by atomic mass is 10.1. The molecule has 1 fully saturated rings. The smallest absolute Gasteiger partial charge is 0.260 e. The average Bonchev–Trinajstić information content (AvgIpc) is 3.15. The number of hydrogen-bond donors (Lipinski definition) is 1. The van der Waals surface area contributed by atoms with Gasteiger partial charge in [0.15, 0.2) is 6.61 Å². The summed E-state index contributed by atoms with van der Waals surface area (Å²) < 4.78 is 5.83. The lowest BCUT2D eigenvalue weighted by molar-refractivity contribution is -0.132. The van der Waals surface area contributed by atoms with Gasteiger partial charge in [-0.15, -0.1) is 0 Å². The van der Waals surface area contributed by atoms with Gasteiger partial charge in [0.1, 0.15) is 5.75 Å². The number of fused-ring (bicyclic) bond motifs is 1. The van der Waals surface area contributed by atoms with E-state index in [9.17, 15) is 4.79 Å². The van der Waals surface area contributed by atoms with Crippen molar-refractivity contribution in [3.05, 3.63) is 29.3 Å². The highest BCUT2D eigenvalue weighted by Crippen LogP contribution is 2.36. The molecule has 0 bridgehead atoms. The maximum Gasteiger partial charge on any atom is 0.260 e. The Morgan fingerprint density at radius 3 is 2.95 bits per heavy atom. The molecule has 1 atom stereocenters. The summed E-state index contributed by atoms with van der Waals surface area (Å²) in [5.41, 5.74) is 2.61. The number of benzene rings is 1. The quantitative estimate of drug-likeness (QED) is 0.904. The monoisotopic (exact) mass is 288 g/mol. The molecular formula is C17H24N2O2. The van der Waals surface area contributed by atoms with Crippen LogP contribution in [0.1, 0.15) is 43.4 Å². The molecule has 4 nitrogen and oxygen atoms in total. The van der Waals surface area contributed by atoms with E-state index in [1.807, 2.05) is 17.0 Å². The van der Waals surface area contributed by atoms with Crippen LogP contribution in [0, 0.1) is 0 Å². The molecule has 21 heavy (non-hydrogen) atoms. The SMILES string of the molecule is CCNC1CCc2c(OCC(=O)N3CCCC3)cccc21. The summed E-state index contributed by atoms with van der Waals surface area (Å²) in [7, 11) is 0. The van der Waals surface area contributed by atoms with E-state index >= 15 is 0 Å². The van der Waals surface area contributed by atoms with Crippen LogP contribution in [-0.2, 0) is 11.2 Å². The fourth-order valence-electron chi connectivity index (χ4n) is 3.41. The van der Waals surface area contributed by atoms with E-state index in [0.717, 1.165) is 51.1 Å². The summed E-state index contributed by atoms with van der Waals surface area (Å²) in [6.45, 7) is 5.05. The number of amides is 1. The normalized spacial score (nSPS) is 20.6. The Bertz CT molecular complexity index is 510. The second-order valence-electron chi connectivity index (χ2n) is 5.85. The molecule has 1 heterocycles. The van der Waals surface area contributed by atoms with Crippen LogP contribution < -0.4 is 10.1 Å². The molecule has 1 aromatic carbocycles. The Kier molecular flexibility index (Phi) is 4.44. The first kappa shape index (κ1) is 14.4. The van der Waals surface area contributed by atoms with Crippen molar-refractivity contribution in [2.75, 3.05) is 26.2 Å². The van der Waals surface area contributed by atoms with Crippen LogP contribution >= 0.6 is 0 Å². The van der Waals surface area contributed by atoms with Gasteiger partial charge in [-0.2, -0.15) is 0 Å². The summed E-state index contributed by atoms with van der Waals surface area (Å²) in [6.07, 6.45) is 4.39. The largest absolute Gasteiger partial charge is 0.483 e. The Morgan fingerprint density at radius 2 is 2.19 bits per heavy atom. The van der Waals surface area contributed by atoms with Crippen molar-refractivity contribution < 1.29 is 9.53 Å². The summed E-state index contributed by atoms with van der Waals surface area (Å²) in [5, 5.41) is 3.51. The van der Waals surface area contributed by atoms with E-state index < -0.39 is 0 Å². The first-order valence-electron chi connectivity index (χ1n) is 8.05. The molecule has 1 N–H and O–H groups in total. The highest BCUT2D eigenvalue weighted by Gasteiger charge is 2.25. The predicted octanol–water partition coefficient (Wildman–Crippen LogP) is 2.28. The summed E-state index contributed by atoms with van der Waals surface area (Å²) in [4.78, 5) is 14.0. The standard InChI is InChI=1S/C17H24N2O2/c1-2-18-15-9-8-14-13(15)6-5-7-16(14)21-12-17(20)19-10-3-4-11-19/h5-7,15,18H,2-4,8-12H2,1H3. The fourth-order valence-corrected chi connectivity index (χ4v) is 3.41. The zero-order valence-corrected chi connectivity index (χ0v) is 12.7. The molecule has 1 amide bonds. The van der Waals surface area contributed by atoms with Gasteiger partial charge >= 0.3 is 0 Å². The fraction of sp³-hybridized carbons (Fsp3) is 0.588. The average molecular weight is 288 g/mol. The van der Waals surface area contributed by atoms with Gasteiger partial charge in [0.25, 0.3) is 5.91 Å². The molecular weight excluding hydrogens is 264 g/mol. The summed E-state index contributed by atoms with van der Waals surface area (Å²) >= 11 is 0. The number of likely N-dealkylation sites (tertiary alicyclic amines) is 1. The summed E-state index contributed by atoms with van der Waals surface area (Å²) in [6, 6.07) is 6.63. The van der Waals surface area contributed by atoms with Crippen LogP contribution in [0.2, 0.25) is 0 Å². The van der Waals surface area contributed by atoms with E-state index in [4.69, 9.17) is 4.74 Å². The molecule has 1 saturated heterocycles. The van der Waals surface area contributed by atoms with Gasteiger partial charge in [-0.05, 0) is 49.4 Å². The molecule has 0 saturated carbocycles. The van der Waals surface area contributed by atoms with Gasteiger partial charge in [-0.1, -0.05) is 19.1 Å². The van der Waals surface area contributed by atoms with E-state index in [1.165, 1.54) is 11.1 Å². The van der Waals surface area contributed by atoms with Crippen LogP contribution in [0.15, 0.2) is 18.2 Å². The first-order chi connectivity index (χ1) is 10.3. The minimum Gasteiger partial charge on any atom is -0.483 e. The number of rotatable bonds is 5. The second-order valence-corrected chi connectivity index (χ2v) is 5.85. The Balaban J connectivity index is 1.65. The van der Waals surface area contributed by atoms with Crippen LogP contribution in [0.3, 0.4) is 0 Å². The predicted molar refractivity (Wildman–Crippen MR) is 82.5 cm³/mol. The number of ether oxygens (including phenoxy) is 1.